The number of amides is 1. The summed E-state index contributed by atoms with van der Waals surface area (Å²) < 4.78 is 1.01. The molecule has 0 saturated carbocycles. The van der Waals surface area contributed by atoms with Crippen molar-refractivity contribution in [2.45, 2.75) is 13.0 Å². The Labute approximate surface area is 125 Å². The van der Waals surface area contributed by atoms with Gasteiger partial charge in [0.1, 0.15) is 4.34 Å². The summed E-state index contributed by atoms with van der Waals surface area (Å²) in [5.41, 5.74) is 3.04. The second kappa shape index (κ2) is 5.16. The largest absolute Gasteiger partial charge is 0.334 e. The summed E-state index contributed by atoms with van der Waals surface area (Å²) in [6.45, 7) is 1.36. The van der Waals surface area contributed by atoms with Gasteiger partial charge in [0, 0.05) is 13.1 Å². The van der Waals surface area contributed by atoms with Gasteiger partial charge in [0.25, 0.3) is 5.91 Å². The molecule has 0 bridgehead atoms. The average molecular weight is 312 g/mol. The zero-order chi connectivity index (χ0) is 13.4. The van der Waals surface area contributed by atoms with E-state index in [2.05, 4.69) is 12.1 Å². The van der Waals surface area contributed by atoms with Crippen molar-refractivity contribution < 1.29 is 4.79 Å². The Kier molecular flexibility index (Phi) is 3.52. The van der Waals surface area contributed by atoms with Gasteiger partial charge in [-0.2, -0.15) is 0 Å². The number of carbonyl (C=O) groups is 1. The topological polar surface area (TPSA) is 20.3 Å². The summed E-state index contributed by atoms with van der Waals surface area (Å²) in [4.78, 5) is 14.3. The highest BCUT2D eigenvalue weighted by atomic mass is 35.5. The number of thiophene rings is 1. The molecule has 0 N–H and O–H groups in total. The quantitative estimate of drug-likeness (QED) is 0.771. The Hall–Kier alpha value is -1.03. The number of hydrogen-bond donors (Lipinski definition) is 0. The van der Waals surface area contributed by atoms with Crippen molar-refractivity contribution in [2.24, 2.45) is 0 Å². The molecular weight excluding hydrogens is 301 g/mol. The van der Waals surface area contributed by atoms with E-state index in [-0.39, 0.29) is 5.91 Å². The fourth-order valence-electron chi connectivity index (χ4n) is 2.33. The highest BCUT2D eigenvalue weighted by molar-refractivity contribution is 7.20. The third-order valence-electron chi connectivity index (χ3n) is 3.30. The molecule has 2 aromatic rings. The zero-order valence-electron chi connectivity index (χ0n) is 10.0. The Morgan fingerprint density at radius 1 is 1.21 bits per heavy atom. The summed E-state index contributed by atoms with van der Waals surface area (Å²) in [5, 5.41) is 0. The summed E-state index contributed by atoms with van der Waals surface area (Å²) in [7, 11) is 0. The maximum atomic E-state index is 12.4. The predicted molar refractivity (Wildman–Crippen MR) is 79.2 cm³/mol. The number of carbonyl (C=O) groups excluding carboxylic acids is 1. The molecule has 5 heteroatoms. The van der Waals surface area contributed by atoms with E-state index < -0.39 is 0 Å². The molecule has 0 spiro atoms. The van der Waals surface area contributed by atoms with Crippen LogP contribution in [0, 0.1) is 0 Å². The van der Waals surface area contributed by atoms with Crippen LogP contribution in [0.4, 0.5) is 0 Å². The number of nitrogens with zero attached hydrogens (tertiary/aromatic N) is 1. The fourth-order valence-corrected chi connectivity index (χ4v) is 3.77. The minimum atomic E-state index is -0.0392. The molecule has 3 rings (SSSR count). The van der Waals surface area contributed by atoms with Crippen molar-refractivity contribution in [1.82, 2.24) is 4.90 Å². The van der Waals surface area contributed by atoms with Gasteiger partial charge in [-0.25, -0.2) is 0 Å². The van der Waals surface area contributed by atoms with Crippen LogP contribution in [0.2, 0.25) is 8.67 Å². The van der Waals surface area contributed by atoms with Crippen molar-refractivity contribution in [3.8, 4) is 0 Å². The SMILES string of the molecule is O=C(c1cc(Cl)sc1Cl)N1CCc2ccccc2C1. The van der Waals surface area contributed by atoms with Crippen molar-refractivity contribution in [1.29, 1.82) is 0 Å². The normalized spacial score (nSPS) is 14.3. The van der Waals surface area contributed by atoms with E-state index in [1.807, 2.05) is 17.0 Å². The van der Waals surface area contributed by atoms with E-state index >= 15 is 0 Å². The van der Waals surface area contributed by atoms with Gasteiger partial charge in [-0.3, -0.25) is 4.79 Å². The average Bonchev–Trinajstić information content (AvgIpc) is 2.76. The molecule has 19 heavy (non-hydrogen) atoms. The summed E-state index contributed by atoms with van der Waals surface area (Å²) >= 11 is 13.2. The van der Waals surface area contributed by atoms with Crippen LogP contribution in [0.5, 0.6) is 0 Å². The Morgan fingerprint density at radius 2 is 1.95 bits per heavy atom. The lowest BCUT2D eigenvalue weighted by Crippen LogP contribution is -2.35. The van der Waals surface area contributed by atoms with Gasteiger partial charge >= 0.3 is 0 Å². The standard InChI is InChI=1S/C14H11Cl2NOS/c15-12-7-11(13(16)19-12)14(18)17-6-5-9-3-1-2-4-10(9)8-17/h1-4,7H,5-6,8H2. The van der Waals surface area contributed by atoms with Gasteiger partial charge in [0.2, 0.25) is 0 Å². The zero-order valence-corrected chi connectivity index (χ0v) is 12.4. The van der Waals surface area contributed by atoms with Gasteiger partial charge in [0.05, 0.1) is 9.90 Å². The first-order valence-corrected chi connectivity index (χ1v) is 7.53. The van der Waals surface area contributed by atoms with Crippen molar-refractivity contribution >= 4 is 40.4 Å². The molecule has 1 aliphatic rings. The fraction of sp³-hybridized carbons (Fsp3) is 0.214. The van der Waals surface area contributed by atoms with Crippen molar-refractivity contribution in [3.63, 3.8) is 0 Å². The molecule has 2 heterocycles. The molecule has 1 aromatic carbocycles. The van der Waals surface area contributed by atoms with Gasteiger partial charge < -0.3 is 4.90 Å². The van der Waals surface area contributed by atoms with Gasteiger partial charge in [0.15, 0.2) is 0 Å². The molecule has 0 saturated heterocycles. The Morgan fingerprint density at radius 3 is 2.63 bits per heavy atom. The first-order chi connectivity index (χ1) is 9.15. The predicted octanol–water partition coefficient (Wildman–Crippen LogP) is 4.25. The number of hydrogen-bond acceptors (Lipinski definition) is 2. The lowest BCUT2D eigenvalue weighted by atomic mass is 9.99. The van der Waals surface area contributed by atoms with Crippen LogP contribution >= 0.6 is 34.5 Å². The van der Waals surface area contributed by atoms with Gasteiger partial charge in [-0.15, -0.1) is 11.3 Å². The number of benzene rings is 1. The third kappa shape index (κ3) is 2.50. The monoisotopic (exact) mass is 311 g/mol. The number of rotatable bonds is 1. The highest BCUT2D eigenvalue weighted by Gasteiger charge is 2.24. The maximum Gasteiger partial charge on any atom is 0.256 e. The van der Waals surface area contributed by atoms with Gasteiger partial charge in [-0.1, -0.05) is 47.5 Å². The molecule has 1 amide bonds. The minimum absolute atomic E-state index is 0.0392. The van der Waals surface area contributed by atoms with Crippen LogP contribution in [-0.4, -0.2) is 17.4 Å². The molecule has 1 aromatic heterocycles. The molecule has 0 fully saturated rings. The molecule has 0 unspecified atom stereocenters. The molecule has 0 aliphatic carbocycles. The van der Waals surface area contributed by atoms with E-state index in [4.69, 9.17) is 23.2 Å². The van der Waals surface area contributed by atoms with Gasteiger partial charge in [-0.05, 0) is 23.6 Å². The summed E-state index contributed by atoms with van der Waals surface area (Å²) in [5.74, 6) is -0.0392. The van der Waals surface area contributed by atoms with Crippen LogP contribution in [0.1, 0.15) is 21.5 Å². The Bertz CT molecular complexity index is 638. The Balaban J connectivity index is 1.85. The minimum Gasteiger partial charge on any atom is -0.334 e. The smallest absolute Gasteiger partial charge is 0.256 e. The van der Waals surface area contributed by atoms with Crippen LogP contribution in [0.3, 0.4) is 0 Å². The van der Waals surface area contributed by atoms with Crippen LogP contribution in [0.25, 0.3) is 0 Å². The van der Waals surface area contributed by atoms with E-state index in [9.17, 15) is 4.79 Å². The number of halogens is 2. The van der Waals surface area contributed by atoms with Crippen LogP contribution < -0.4 is 0 Å². The van der Waals surface area contributed by atoms with E-state index in [1.54, 1.807) is 6.07 Å². The van der Waals surface area contributed by atoms with E-state index in [0.717, 1.165) is 13.0 Å². The number of fused-ring (bicyclic) bond motifs is 1. The molecule has 0 radical (unpaired) electrons. The van der Waals surface area contributed by atoms with Crippen LogP contribution in [-0.2, 0) is 13.0 Å². The maximum absolute atomic E-state index is 12.4. The first kappa shape index (κ1) is 13.0. The molecule has 1 aliphatic heterocycles. The third-order valence-corrected chi connectivity index (χ3v) is 4.79. The first-order valence-electron chi connectivity index (χ1n) is 5.96. The lowest BCUT2D eigenvalue weighted by Gasteiger charge is -2.28. The molecular formula is C14H11Cl2NOS. The lowest BCUT2D eigenvalue weighted by molar-refractivity contribution is 0.0735. The molecule has 98 valence electrons. The second-order valence-corrected chi connectivity index (χ2v) is 6.77. The summed E-state index contributed by atoms with van der Waals surface area (Å²) in [6.07, 6.45) is 0.886. The van der Waals surface area contributed by atoms with Crippen LogP contribution in [0.15, 0.2) is 30.3 Å². The highest BCUT2D eigenvalue weighted by Crippen LogP contribution is 2.32. The molecule has 2 nitrogen and oxygen atoms in total. The summed E-state index contributed by atoms with van der Waals surface area (Å²) in [6, 6.07) is 9.87. The molecule has 0 atom stereocenters. The van der Waals surface area contributed by atoms with Crippen molar-refractivity contribution in [3.05, 3.63) is 55.7 Å². The van der Waals surface area contributed by atoms with E-state index in [0.29, 0.717) is 20.8 Å². The van der Waals surface area contributed by atoms with E-state index in [1.165, 1.54) is 22.5 Å². The van der Waals surface area contributed by atoms with Crippen molar-refractivity contribution in [2.75, 3.05) is 6.54 Å². The second-order valence-electron chi connectivity index (χ2n) is 4.48.